The van der Waals surface area contributed by atoms with E-state index in [1.54, 1.807) is 0 Å². The Labute approximate surface area is 88.6 Å². The van der Waals surface area contributed by atoms with Crippen molar-refractivity contribution in [3.63, 3.8) is 0 Å². The van der Waals surface area contributed by atoms with Crippen LogP contribution >= 0.6 is 15.9 Å². The molecule has 0 bridgehead atoms. The van der Waals surface area contributed by atoms with E-state index in [2.05, 4.69) is 35.1 Å². The molecule has 2 nitrogen and oxygen atoms in total. The molecular formula is C10H18BrNO. The number of nitrogens with one attached hydrogen (secondary N) is 1. The lowest BCUT2D eigenvalue weighted by molar-refractivity contribution is -0.123. The van der Waals surface area contributed by atoms with Crippen molar-refractivity contribution in [2.75, 3.05) is 0 Å². The summed E-state index contributed by atoms with van der Waals surface area (Å²) < 4.78 is 0. The summed E-state index contributed by atoms with van der Waals surface area (Å²) in [7, 11) is 0. The molecule has 2 unspecified atom stereocenters. The summed E-state index contributed by atoms with van der Waals surface area (Å²) in [5.41, 5.74) is 0.302. The molecule has 0 aliphatic heterocycles. The summed E-state index contributed by atoms with van der Waals surface area (Å²) in [6, 6.07) is 0.381. The van der Waals surface area contributed by atoms with Crippen molar-refractivity contribution in [2.45, 2.75) is 50.9 Å². The summed E-state index contributed by atoms with van der Waals surface area (Å²) in [6.45, 7) is 6.41. The van der Waals surface area contributed by atoms with Gasteiger partial charge in [0.05, 0.1) is 4.83 Å². The molecule has 0 heterocycles. The van der Waals surface area contributed by atoms with E-state index in [9.17, 15) is 4.79 Å². The Hall–Kier alpha value is -0.0500. The number of alkyl halides is 1. The van der Waals surface area contributed by atoms with Gasteiger partial charge in [-0.05, 0) is 24.7 Å². The summed E-state index contributed by atoms with van der Waals surface area (Å²) in [5, 5.41) is 3.07. The third-order valence-electron chi connectivity index (χ3n) is 2.98. The molecule has 1 fully saturated rings. The zero-order valence-corrected chi connectivity index (χ0v) is 10.1. The molecule has 1 saturated carbocycles. The second-order valence-electron chi connectivity index (χ2n) is 4.46. The van der Waals surface area contributed by atoms with Crippen LogP contribution in [0.5, 0.6) is 0 Å². The van der Waals surface area contributed by atoms with E-state index < -0.39 is 0 Å². The Morgan fingerprint density at radius 3 is 2.62 bits per heavy atom. The molecule has 0 aromatic heterocycles. The first-order valence-electron chi connectivity index (χ1n) is 4.92. The van der Waals surface area contributed by atoms with Crippen molar-refractivity contribution >= 4 is 21.8 Å². The molecule has 1 amide bonds. The van der Waals surface area contributed by atoms with Gasteiger partial charge in [0.25, 0.3) is 0 Å². The summed E-state index contributed by atoms with van der Waals surface area (Å²) in [5.74, 6) is 0.139. The number of carbonyl (C=O) groups excluding carboxylic acids is 1. The van der Waals surface area contributed by atoms with Gasteiger partial charge in [-0.25, -0.2) is 0 Å². The fraction of sp³-hybridized carbons (Fsp3) is 0.900. The molecule has 1 rings (SSSR count). The first-order chi connectivity index (χ1) is 5.97. The Balaban J connectivity index is 2.37. The van der Waals surface area contributed by atoms with Crippen molar-refractivity contribution in [3.05, 3.63) is 0 Å². The largest absolute Gasteiger partial charge is 0.352 e. The lowest BCUT2D eigenvalue weighted by Crippen LogP contribution is -2.53. The maximum Gasteiger partial charge on any atom is 0.234 e. The van der Waals surface area contributed by atoms with Gasteiger partial charge < -0.3 is 5.32 Å². The molecule has 1 aliphatic carbocycles. The van der Waals surface area contributed by atoms with Crippen LogP contribution in [0.15, 0.2) is 0 Å². The maximum atomic E-state index is 11.5. The predicted octanol–water partition coefficient (Wildman–Crippen LogP) is 2.46. The van der Waals surface area contributed by atoms with Crippen molar-refractivity contribution < 1.29 is 4.79 Å². The molecule has 1 aliphatic rings. The molecule has 1 N–H and O–H groups in total. The van der Waals surface area contributed by atoms with Gasteiger partial charge in [-0.2, -0.15) is 0 Å². The molecule has 3 heteroatoms. The summed E-state index contributed by atoms with van der Waals surface area (Å²) in [4.78, 5) is 11.5. The van der Waals surface area contributed by atoms with Crippen LogP contribution in [0.1, 0.15) is 40.0 Å². The van der Waals surface area contributed by atoms with E-state index in [0.717, 1.165) is 12.8 Å². The number of carbonyl (C=O) groups is 1. The minimum Gasteiger partial charge on any atom is -0.352 e. The molecule has 0 saturated heterocycles. The van der Waals surface area contributed by atoms with Crippen molar-refractivity contribution in [3.8, 4) is 0 Å². The first kappa shape index (κ1) is 11.0. The Morgan fingerprint density at radius 2 is 2.31 bits per heavy atom. The van der Waals surface area contributed by atoms with Crippen LogP contribution in [0.2, 0.25) is 0 Å². The monoisotopic (exact) mass is 247 g/mol. The van der Waals surface area contributed by atoms with Gasteiger partial charge >= 0.3 is 0 Å². The van der Waals surface area contributed by atoms with E-state index >= 15 is 0 Å². The lowest BCUT2D eigenvalue weighted by Gasteiger charge is -2.45. The maximum absolute atomic E-state index is 11.5. The number of hydrogen-bond acceptors (Lipinski definition) is 1. The highest BCUT2D eigenvalue weighted by molar-refractivity contribution is 9.10. The standard InChI is InChI=1S/C10H18BrNO/c1-4-7(11)9(13)12-8-5-6-10(8,2)3/h7-8H,4-6H2,1-3H3,(H,12,13). The third-order valence-corrected chi connectivity index (χ3v) is 4.04. The van der Waals surface area contributed by atoms with E-state index in [1.807, 2.05) is 6.92 Å². The Bertz CT molecular complexity index is 203. The van der Waals surface area contributed by atoms with Crippen LogP contribution in [-0.2, 0) is 4.79 Å². The topological polar surface area (TPSA) is 29.1 Å². The zero-order chi connectivity index (χ0) is 10.1. The summed E-state index contributed by atoms with van der Waals surface area (Å²) in [6.07, 6.45) is 3.19. The van der Waals surface area contributed by atoms with Crippen LogP contribution < -0.4 is 5.32 Å². The van der Waals surface area contributed by atoms with Gasteiger partial charge in [0.2, 0.25) is 5.91 Å². The smallest absolute Gasteiger partial charge is 0.234 e. The quantitative estimate of drug-likeness (QED) is 0.764. The number of hydrogen-bond donors (Lipinski definition) is 1. The molecule has 0 aromatic rings. The molecule has 2 atom stereocenters. The Kier molecular flexibility index (Phi) is 3.38. The van der Waals surface area contributed by atoms with E-state index in [0.29, 0.717) is 11.5 Å². The number of amides is 1. The first-order valence-corrected chi connectivity index (χ1v) is 5.83. The summed E-state index contributed by atoms with van der Waals surface area (Å²) >= 11 is 3.35. The van der Waals surface area contributed by atoms with Crippen LogP contribution in [-0.4, -0.2) is 16.8 Å². The fourth-order valence-electron chi connectivity index (χ4n) is 1.58. The van der Waals surface area contributed by atoms with Gasteiger partial charge in [0.1, 0.15) is 0 Å². The molecule has 0 spiro atoms. The lowest BCUT2D eigenvalue weighted by atomic mass is 9.67. The normalized spacial score (nSPS) is 27.5. The van der Waals surface area contributed by atoms with E-state index in [1.165, 1.54) is 6.42 Å². The highest BCUT2D eigenvalue weighted by atomic mass is 79.9. The zero-order valence-electron chi connectivity index (χ0n) is 8.56. The van der Waals surface area contributed by atoms with Gasteiger partial charge in [-0.3, -0.25) is 4.79 Å². The molecular weight excluding hydrogens is 230 g/mol. The van der Waals surface area contributed by atoms with Gasteiger partial charge in [-0.1, -0.05) is 36.7 Å². The van der Waals surface area contributed by atoms with Gasteiger partial charge in [0, 0.05) is 6.04 Å². The fourth-order valence-corrected chi connectivity index (χ4v) is 1.71. The third kappa shape index (κ3) is 2.46. The van der Waals surface area contributed by atoms with Crippen LogP contribution in [0.4, 0.5) is 0 Å². The minimum atomic E-state index is -0.0242. The molecule has 0 aromatic carbocycles. The van der Waals surface area contributed by atoms with Crippen molar-refractivity contribution in [1.29, 1.82) is 0 Å². The van der Waals surface area contributed by atoms with Crippen LogP contribution in [0.3, 0.4) is 0 Å². The minimum absolute atomic E-state index is 0.0242. The highest BCUT2D eigenvalue weighted by Crippen LogP contribution is 2.39. The number of halogens is 1. The van der Waals surface area contributed by atoms with Crippen LogP contribution in [0, 0.1) is 5.41 Å². The molecule has 13 heavy (non-hydrogen) atoms. The van der Waals surface area contributed by atoms with Gasteiger partial charge in [0.15, 0.2) is 0 Å². The SMILES string of the molecule is CCC(Br)C(=O)NC1CCC1(C)C. The average Bonchev–Trinajstić information content (AvgIpc) is 2.10. The predicted molar refractivity (Wildman–Crippen MR) is 58.0 cm³/mol. The molecule has 0 radical (unpaired) electrons. The van der Waals surface area contributed by atoms with Gasteiger partial charge in [-0.15, -0.1) is 0 Å². The van der Waals surface area contributed by atoms with E-state index in [-0.39, 0.29) is 10.7 Å². The average molecular weight is 248 g/mol. The Morgan fingerprint density at radius 1 is 1.69 bits per heavy atom. The number of rotatable bonds is 3. The van der Waals surface area contributed by atoms with Crippen LogP contribution in [0.25, 0.3) is 0 Å². The van der Waals surface area contributed by atoms with E-state index in [4.69, 9.17) is 0 Å². The van der Waals surface area contributed by atoms with Crippen molar-refractivity contribution in [1.82, 2.24) is 5.32 Å². The second kappa shape index (κ2) is 3.99. The second-order valence-corrected chi connectivity index (χ2v) is 5.57. The van der Waals surface area contributed by atoms with Crippen molar-refractivity contribution in [2.24, 2.45) is 5.41 Å². The molecule has 76 valence electrons. The highest BCUT2D eigenvalue weighted by Gasteiger charge is 2.39.